The van der Waals surface area contributed by atoms with Crippen molar-refractivity contribution in [3.05, 3.63) is 0 Å². The summed E-state index contributed by atoms with van der Waals surface area (Å²) >= 11 is 4.50. The predicted molar refractivity (Wildman–Crippen MR) is 19.9 cm³/mol. The minimum atomic E-state index is 0.546. The molecule has 0 atom stereocenters. The fraction of sp³-hybridized carbons (Fsp3) is 0. The molecule has 2 nitrogen and oxygen atoms in total. The molecule has 0 amide bonds. The van der Waals surface area contributed by atoms with Crippen molar-refractivity contribution in [1.82, 2.24) is 0 Å². The first-order chi connectivity index (χ1) is 1.91. The van der Waals surface area contributed by atoms with Crippen molar-refractivity contribution in [2.75, 3.05) is 0 Å². The molecule has 0 aliphatic heterocycles. The Kier molecular flexibility index (Phi) is 3.30. The summed E-state index contributed by atoms with van der Waals surface area (Å²) in [5.41, 5.74) is 0. The van der Waals surface area contributed by atoms with Crippen LogP contribution in [0.15, 0.2) is 3.77 Å². The van der Waals surface area contributed by atoms with Gasteiger partial charge in [0.25, 0.3) is 0 Å². The molecule has 0 aromatic heterocycles. The second-order valence-electron chi connectivity index (χ2n) is 0.166. The van der Waals surface area contributed by atoms with E-state index in [0.717, 1.165) is 0 Å². The summed E-state index contributed by atoms with van der Waals surface area (Å²) in [4.78, 5) is 0. The summed E-state index contributed by atoms with van der Waals surface area (Å²) in [5, 5.41) is 0. The minimum Gasteiger partial charge on any atom is -0.627 e. The standard InChI is InChI=1S/H2N2S2/c1-4-2-3/h1,3H/p-1. The summed E-state index contributed by atoms with van der Waals surface area (Å²) in [6, 6.07) is 0. The van der Waals surface area contributed by atoms with Crippen LogP contribution < -0.4 is 0 Å². The quantitative estimate of drug-likeness (QED) is 0.434. The van der Waals surface area contributed by atoms with Gasteiger partial charge in [-0.05, 0) is 0 Å². The smallest absolute Gasteiger partial charge is 0.0281 e. The first kappa shape index (κ1) is 4.17. The van der Waals surface area contributed by atoms with Gasteiger partial charge in [-0.15, -0.1) is 0 Å². The zero-order valence-electron chi connectivity index (χ0n) is 1.76. The number of hydrogen-bond donors (Lipinski definition) is 1. The highest BCUT2D eigenvalue weighted by Gasteiger charge is 1.04. The van der Waals surface area contributed by atoms with Crippen LogP contribution in [-0.4, -0.2) is 0 Å². The molecular formula is HN2S2-. The molecule has 24 valence electrons. The molecule has 0 spiro atoms. The average Bonchev–Trinajstić information content (AvgIpc) is 1.37. The molecule has 0 bridgehead atoms. The van der Waals surface area contributed by atoms with Gasteiger partial charge in [-0.25, -0.2) is 4.78 Å². The Morgan fingerprint density at radius 3 is 2.25 bits per heavy atom. The van der Waals surface area contributed by atoms with Gasteiger partial charge in [0.05, 0.1) is 0 Å². The van der Waals surface area contributed by atoms with Crippen molar-refractivity contribution < 1.29 is 0 Å². The fourth-order valence-electron chi connectivity index (χ4n) is 0. The van der Waals surface area contributed by atoms with Crippen LogP contribution in [0.5, 0.6) is 0 Å². The maximum absolute atomic E-state index is 6.10. The Balaban J connectivity index is 3.11. The van der Waals surface area contributed by atoms with E-state index in [1.54, 1.807) is 0 Å². The summed E-state index contributed by atoms with van der Waals surface area (Å²) in [5.74, 6) is 0. The molecule has 0 saturated heterocycles. The molecule has 4 heavy (non-hydrogen) atoms. The second-order valence-corrected chi connectivity index (χ2v) is 0.945. The van der Waals surface area contributed by atoms with E-state index in [2.05, 4.69) is 16.6 Å². The van der Waals surface area contributed by atoms with Crippen LogP contribution in [-0.2, 0) is 24.2 Å². The van der Waals surface area contributed by atoms with Crippen LogP contribution in [0.1, 0.15) is 0 Å². The molecule has 0 aliphatic carbocycles. The highest BCUT2D eigenvalue weighted by Crippen LogP contribution is 1.39. The molecular weight excluding hydrogens is 92.1 g/mol. The van der Waals surface area contributed by atoms with E-state index in [-0.39, 0.29) is 0 Å². The Morgan fingerprint density at radius 1 is 2.00 bits per heavy atom. The van der Waals surface area contributed by atoms with Crippen LogP contribution >= 0.6 is 0 Å². The molecule has 0 aromatic rings. The van der Waals surface area contributed by atoms with Gasteiger partial charge in [0.15, 0.2) is 0 Å². The van der Waals surface area contributed by atoms with E-state index in [9.17, 15) is 0 Å². The summed E-state index contributed by atoms with van der Waals surface area (Å²) < 4.78 is 9.00. The van der Waals surface area contributed by atoms with Crippen LogP contribution in [0.3, 0.4) is 0 Å². The summed E-state index contributed by atoms with van der Waals surface area (Å²) in [7, 11) is 0. The number of hydrogen-bond acceptors (Lipinski definition) is 3. The SMILES string of the molecule is N=S=N[S-]. The molecule has 0 unspecified atom stereocenters. The minimum absolute atomic E-state index is 0.546. The Bertz CT molecular complexity index is 42.0. The second kappa shape index (κ2) is 3.17. The van der Waals surface area contributed by atoms with Crippen molar-refractivity contribution in [2.45, 2.75) is 0 Å². The Morgan fingerprint density at radius 2 is 2.25 bits per heavy atom. The maximum Gasteiger partial charge on any atom is 0.0281 e. The van der Waals surface area contributed by atoms with Gasteiger partial charge in [-0.3, -0.25) is 0 Å². The molecule has 0 heterocycles. The first-order valence-electron chi connectivity index (χ1n) is 0.569. The number of nitrogens with one attached hydrogen (secondary N) is 1. The Hall–Kier alpha value is 0.170. The molecule has 0 radical (unpaired) electrons. The van der Waals surface area contributed by atoms with Crippen LogP contribution in [0.2, 0.25) is 0 Å². The van der Waals surface area contributed by atoms with Crippen molar-refractivity contribution >= 4 is 24.2 Å². The van der Waals surface area contributed by atoms with Gasteiger partial charge in [-0.1, -0.05) is 0 Å². The topological polar surface area (TPSA) is 36.2 Å². The molecule has 1 N–H and O–H groups in total. The highest BCUT2D eigenvalue weighted by molar-refractivity contribution is 7.69. The van der Waals surface area contributed by atoms with Gasteiger partial charge in [0.2, 0.25) is 0 Å². The summed E-state index contributed by atoms with van der Waals surface area (Å²) in [6.45, 7) is 0. The normalized spacial score (nSPS) is 5.25. The maximum atomic E-state index is 6.10. The summed E-state index contributed by atoms with van der Waals surface area (Å²) in [6.07, 6.45) is 0. The molecule has 0 rings (SSSR count). The lowest BCUT2D eigenvalue weighted by Gasteiger charge is -1.68. The Labute approximate surface area is 33.5 Å². The van der Waals surface area contributed by atoms with Crippen molar-refractivity contribution in [3.8, 4) is 0 Å². The monoisotopic (exact) mass is 93.0 g/mol. The molecule has 0 fully saturated rings. The molecule has 0 saturated carbocycles. The van der Waals surface area contributed by atoms with E-state index >= 15 is 0 Å². The molecule has 0 aliphatic rings. The lowest BCUT2D eigenvalue weighted by molar-refractivity contribution is 1.65. The third kappa shape index (κ3) is 2.17. The first-order valence-corrected chi connectivity index (χ1v) is 1.71. The van der Waals surface area contributed by atoms with Crippen molar-refractivity contribution in [2.24, 2.45) is 3.77 Å². The van der Waals surface area contributed by atoms with Crippen LogP contribution in [0.25, 0.3) is 0 Å². The third-order valence-electron chi connectivity index (χ3n) is 0.0373. The average molecular weight is 93.2 g/mol. The van der Waals surface area contributed by atoms with Gasteiger partial charge >= 0.3 is 0 Å². The van der Waals surface area contributed by atoms with Crippen LogP contribution in [0.4, 0.5) is 0 Å². The largest absolute Gasteiger partial charge is 0.627 e. The zero-order valence-corrected chi connectivity index (χ0v) is 3.40. The zero-order chi connectivity index (χ0) is 3.41. The number of nitrogens with zero attached hydrogens (tertiary/aromatic N) is 1. The van der Waals surface area contributed by atoms with Crippen molar-refractivity contribution in [3.63, 3.8) is 0 Å². The lowest BCUT2D eigenvalue weighted by atomic mass is 13.9. The van der Waals surface area contributed by atoms with E-state index in [1.807, 2.05) is 0 Å². The fourth-order valence-corrected chi connectivity index (χ4v) is 0. The van der Waals surface area contributed by atoms with Crippen molar-refractivity contribution in [1.29, 1.82) is 4.78 Å². The van der Waals surface area contributed by atoms with Crippen LogP contribution in [0, 0.1) is 4.78 Å². The van der Waals surface area contributed by atoms with E-state index in [4.69, 9.17) is 4.78 Å². The van der Waals surface area contributed by atoms with E-state index in [0.29, 0.717) is 11.4 Å². The third-order valence-corrected chi connectivity index (χ3v) is 0.335. The van der Waals surface area contributed by atoms with Gasteiger partial charge in [-0.2, -0.15) is 0 Å². The number of rotatable bonds is 0. The van der Waals surface area contributed by atoms with Gasteiger partial charge in [0.1, 0.15) is 0 Å². The van der Waals surface area contributed by atoms with Gasteiger partial charge < -0.3 is 16.6 Å². The lowest BCUT2D eigenvalue weighted by Crippen LogP contribution is -1.23. The van der Waals surface area contributed by atoms with E-state index in [1.165, 1.54) is 0 Å². The highest BCUT2D eigenvalue weighted by atomic mass is 32.2. The van der Waals surface area contributed by atoms with E-state index < -0.39 is 0 Å². The predicted octanol–water partition coefficient (Wildman–Crippen LogP) is 0.477. The molecule has 0 aromatic carbocycles. The van der Waals surface area contributed by atoms with Gasteiger partial charge in [0, 0.05) is 11.4 Å². The molecule has 4 heteroatoms.